The van der Waals surface area contributed by atoms with Crippen molar-refractivity contribution in [2.75, 3.05) is 40.5 Å². The molecule has 0 saturated heterocycles. The van der Waals surface area contributed by atoms with Crippen molar-refractivity contribution in [3.63, 3.8) is 0 Å². The Morgan fingerprint density at radius 3 is 1.91 bits per heavy atom. The van der Waals surface area contributed by atoms with Gasteiger partial charge in [-0.3, -0.25) is 0 Å². The van der Waals surface area contributed by atoms with Crippen molar-refractivity contribution in [1.82, 2.24) is 4.31 Å². The van der Waals surface area contributed by atoms with Crippen LogP contribution >= 0.6 is 12.2 Å². The highest BCUT2D eigenvalue weighted by Gasteiger charge is 2.02. The highest BCUT2D eigenvalue weighted by Crippen LogP contribution is 2.02. The molecule has 0 saturated carbocycles. The molecule has 5 heteroatoms. The molecule has 0 aliphatic rings. The second-order valence-electron chi connectivity index (χ2n) is 2.00. The van der Waals surface area contributed by atoms with E-state index >= 15 is 0 Å². The molecule has 0 aliphatic carbocycles. The van der Waals surface area contributed by atoms with Gasteiger partial charge in [0.2, 0.25) is 0 Å². The van der Waals surface area contributed by atoms with Gasteiger partial charge in [0, 0.05) is 27.3 Å². The Morgan fingerprint density at radius 1 is 1.18 bits per heavy atom. The third-order valence-corrected chi connectivity index (χ3v) is 1.80. The Bertz CT molecular complexity index is 76.2. The summed E-state index contributed by atoms with van der Waals surface area (Å²) in [6.45, 7) is 2.66. The molecule has 0 amide bonds. The lowest BCUT2D eigenvalue weighted by Crippen LogP contribution is -2.24. The molecule has 0 rings (SSSR count). The molecular formula is C6H15NO3S. The van der Waals surface area contributed by atoms with Crippen LogP contribution in [0.1, 0.15) is 0 Å². The van der Waals surface area contributed by atoms with Crippen LogP contribution in [0.4, 0.5) is 0 Å². The van der Waals surface area contributed by atoms with E-state index in [1.54, 1.807) is 18.5 Å². The van der Waals surface area contributed by atoms with E-state index in [0.29, 0.717) is 26.3 Å². The molecule has 68 valence electrons. The minimum atomic E-state index is 0.622. The van der Waals surface area contributed by atoms with Gasteiger partial charge >= 0.3 is 0 Å². The number of hydrogen-bond donors (Lipinski definition) is 1. The lowest BCUT2D eigenvalue weighted by molar-refractivity contribution is 0.153. The first-order valence-corrected chi connectivity index (χ1v) is 4.12. The Morgan fingerprint density at radius 2 is 1.64 bits per heavy atom. The Hall–Kier alpha value is 0.190. The van der Waals surface area contributed by atoms with Crippen LogP contribution in [0.25, 0.3) is 0 Å². The van der Waals surface area contributed by atoms with Gasteiger partial charge in [-0.1, -0.05) is 0 Å². The van der Waals surface area contributed by atoms with Gasteiger partial charge in [0.15, 0.2) is 0 Å². The number of nitrogens with zero attached hydrogens (tertiary/aromatic N) is 1. The van der Waals surface area contributed by atoms with Gasteiger partial charge in [0.1, 0.15) is 0 Å². The molecule has 0 aromatic rings. The Kier molecular flexibility index (Phi) is 8.43. The monoisotopic (exact) mass is 181 g/mol. The van der Waals surface area contributed by atoms with Crippen LogP contribution in [0.5, 0.6) is 0 Å². The number of rotatable bonds is 7. The van der Waals surface area contributed by atoms with E-state index in [1.165, 1.54) is 0 Å². The van der Waals surface area contributed by atoms with E-state index in [2.05, 4.69) is 0 Å². The minimum Gasteiger partial charge on any atom is -0.383 e. The van der Waals surface area contributed by atoms with Crippen LogP contribution in [0, 0.1) is 0 Å². The summed E-state index contributed by atoms with van der Waals surface area (Å²) < 4.78 is 20.2. The van der Waals surface area contributed by atoms with Crippen molar-refractivity contribution in [1.29, 1.82) is 0 Å². The molecule has 0 aromatic heterocycles. The fraction of sp³-hybridized carbons (Fsp3) is 1.00. The molecule has 0 spiro atoms. The summed E-state index contributed by atoms with van der Waals surface area (Å²) in [7, 11) is 3.27. The van der Waals surface area contributed by atoms with Crippen molar-refractivity contribution < 1.29 is 14.0 Å². The molecule has 0 heterocycles. The van der Waals surface area contributed by atoms with E-state index in [9.17, 15) is 0 Å². The standard InChI is InChI=1S/C6H15NO3S/c1-9-5-3-7(11-8)4-6-10-2/h8H,3-6H2,1-2H3. The third kappa shape index (κ3) is 6.58. The van der Waals surface area contributed by atoms with Gasteiger partial charge in [-0.2, -0.15) is 0 Å². The molecule has 1 N–H and O–H groups in total. The van der Waals surface area contributed by atoms with Crippen molar-refractivity contribution in [2.24, 2.45) is 0 Å². The van der Waals surface area contributed by atoms with Crippen molar-refractivity contribution >= 4 is 12.2 Å². The smallest absolute Gasteiger partial charge is 0.0791 e. The van der Waals surface area contributed by atoms with Crippen molar-refractivity contribution in [2.45, 2.75) is 0 Å². The molecule has 0 unspecified atom stereocenters. The van der Waals surface area contributed by atoms with Gasteiger partial charge in [0.25, 0.3) is 0 Å². The summed E-state index contributed by atoms with van der Waals surface area (Å²) >= 11 is 0.723. The van der Waals surface area contributed by atoms with Crippen molar-refractivity contribution in [3.8, 4) is 0 Å². The summed E-state index contributed by atoms with van der Waals surface area (Å²) in [5.74, 6) is 0. The van der Waals surface area contributed by atoms with Crippen LogP contribution < -0.4 is 0 Å². The highest BCUT2D eigenvalue weighted by molar-refractivity contribution is 7.91. The molecule has 0 atom stereocenters. The van der Waals surface area contributed by atoms with Gasteiger partial charge in [-0.15, -0.1) is 0 Å². The predicted molar refractivity (Wildman–Crippen MR) is 45.5 cm³/mol. The van der Waals surface area contributed by atoms with Crippen LogP contribution in [0.2, 0.25) is 0 Å². The van der Waals surface area contributed by atoms with E-state index in [4.69, 9.17) is 14.0 Å². The highest BCUT2D eigenvalue weighted by atomic mass is 32.2. The fourth-order valence-electron chi connectivity index (χ4n) is 0.580. The quantitative estimate of drug-likeness (QED) is 0.462. The third-order valence-electron chi connectivity index (χ3n) is 1.21. The minimum absolute atomic E-state index is 0.622. The second-order valence-corrected chi connectivity index (χ2v) is 2.68. The number of hydrogen-bond acceptors (Lipinski definition) is 5. The summed E-state index contributed by atoms with van der Waals surface area (Å²) in [6, 6.07) is 0. The van der Waals surface area contributed by atoms with Crippen LogP contribution in [0.3, 0.4) is 0 Å². The van der Waals surface area contributed by atoms with E-state index in [-0.39, 0.29) is 0 Å². The molecule has 0 aliphatic heterocycles. The zero-order valence-electron chi connectivity index (χ0n) is 6.95. The maximum Gasteiger partial charge on any atom is 0.0791 e. The molecule has 0 radical (unpaired) electrons. The summed E-state index contributed by atoms with van der Waals surface area (Å²) in [5.41, 5.74) is 0. The van der Waals surface area contributed by atoms with E-state index < -0.39 is 0 Å². The van der Waals surface area contributed by atoms with Crippen LogP contribution in [-0.4, -0.2) is 49.4 Å². The molecule has 0 bridgehead atoms. The van der Waals surface area contributed by atoms with Gasteiger partial charge in [-0.25, -0.2) is 4.31 Å². The Balaban J connectivity index is 3.25. The van der Waals surface area contributed by atoms with E-state index in [1.807, 2.05) is 0 Å². The topological polar surface area (TPSA) is 41.9 Å². The van der Waals surface area contributed by atoms with Crippen LogP contribution in [-0.2, 0) is 9.47 Å². The van der Waals surface area contributed by atoms with Gasteiger partial charge in [0.05, 0.1) is 25.4 Å². The van der Waals surface area contributed by atoms with Crippen LogP contribution in [0.15, 0.2) is 0 Å². The number of ether oxygens (including phenoxy) is 2. The summed E-state index contributed by atoms with van der Waals surface area (Å²) in [6.07, 6.45) is 0. The first-order valence-electron chi connectivity index (χ1n) is 3.39. The SMILES string of the molecule is COCCN(CCOC)SO. The molecular weight excluding hydrogens is 166 g/mol. The zero-order chi connectivity index (χ0) is 8.53. The number of methoxy groups -OCH3 is 2. The molecule has 0 aromatic carbocycles. The predicted octanol–water partition coefficient (Wildman–Crippen LogP) is 0.702. The average molecular weight is 181 g/mol. The zero-order valence-corrected chi connectivity index (χ0v) is 7.76. The first-order chi connectivity index (χ1) is 5.35. The largest absolute Gasteiger partial charge is 0.383 e. The lowest BCUT2D eigenvalue weighted by Gasteiger charge is -2.15. The molecule has 4 nitrogen and oxygen atoms in total. The summed E-state index contributed by atoms with van der Waals surface area (Å²) in [5, 5.41) is 0. The van der Waals surface area contributed by atoms with Crippen molar-refractivity contribution in [3.05, 3.63) is 0 Å². The molecule has 11 heavy (non-hydrogen) atoms. The molecule has 0 fully saturated rings. The van der Waals surface area contributed by atoms with E-state index in [0.717, 1.165) is 12.2 Å². The normalized spacial score (nSPS) is 10.9. The van der Waals surface area contributed by atoms with Gasteiger partial charge < -0.3 is 14.0 Å². The van der Waals surface area contributed by atoms with Gasteiger partial charge in [-0.05, 0) is 0 Å². The maximum atomic E-state index is 8.71. The lowest BCUT2D eigenvalue weighted by atomic mass is 10.6. The Labute approximate surface area is 71.8 Å². The first kappa shape index (κ1) is 11.2. The maximum absolute atomic E-state index is 8.71. The average Bonchev–Trinajstić information content (AvgIpc) is 2.05. The fourth-order valence-corrected chi connectivity index (χ4v) is 0.892. The second kappa shape index (κ2) is 8.29. The summed E-state index contributed by atoms with van der Waals surface area (Å²) in [4.78, 5) is 0.